The lowest BCUT2D eigenvalue weighted by Crippen LogP contribution is -2.14. The first-order valence-corrected chi connectivity index (χ1v) is 7.20. The highest BCUT2D eigenvalue weighted by atomic mass is 32.1. The summed E-state index contributed by atoms with van der Waals surface area (Å²) in [5.41, 5.74) is 6.28. The molecule has 0 saturated carbocycles. The van der Waals surface area contributed by atoms with Crippen molar-refractivity contribution >= 4 is 34.2 Å². The number of aryl methyl sites for hydroxylation is 1. The molecule has 3 N–H and O–H groups in total. The molecule has 2 aromatic rings. The summed E-state index contributed by atoms with van der Waals surface area (Å²) in [6.45, 7) is 2.38. The summed E-state index contributed by atoms with van der Waals surface area (Å²) >= 11 is 6.20. The summed E-state index contributed by atoms with van der Waals surface area (Å²) in [7, 11) is 0. The molecule has 0 aliphatic heterocycles. The average Bonchev–Trinajstić information content (AvgIpc) is 2.80. The monoisotopic (exact) mass is 313 g/mol. The van der Waals surface area contributed by atoms with Gasteiger partial charge >= 0.3 is 0 Å². The maximum atomic E-state index is 13.8. The molecule has 0 unspecified atom stereocenters. The summed E-state index contributed by atoms with van der Waals surface area (Å²) in [4.78, 5) is 4.14. The van der Waals surface area contributed by atoms with E-state index >= 15 is 0 Å². The largest absolute Gasteiger partial charge is 0.389 e. The van der Waals surface area contributed by atoms with Crippen molar-refractivity contribution < 1.29 is 8.78 Å². The van der Waals surface area contributed by atoms with E-state index < -0.39 is 11.6 Å². The average molecular weight is 313 g/mol. The van der Waals surface area contributed by atoms with E-state index in [1.165, 1.54) is 12.1 Å². The van der Waals surface area contributed by atoms with Gasteiger partial charge in [0.1, 0.15) is 4.99 Å². The molecule has 0 bridgehead atoms. The molecule has 0 fully saturated rings. The quantitative estimate of drug-likeness (QED) is 0.833. The molecule has 2 rings (SSSR count). The number of benzene rings is 1. The van der Waals surface area contributed by atoms with Gasteiger partial charge in [-0.05, 0) is 19.1 Å². The van der Waals surface area contributed by atoms with Crippen molar-refractivity contribution in [2.24, 2.45) is 5.73 Å². The van der Waals surface area contributed by atoms with Gasteiger partial charge in [-0.2, -0.15) is 0 Å². The van der Waals surface area contributed by atoms with Crippen LogP contribution in [0.3, 0.4) is 0 Å². The molecule has 0 amide bonds. The van der Waals surface area contributed by atoms with Gasteiger partial charge in [-0.1, -0.05) is 12.2 Å². The summed E-state index contributed by atoms with van der Waals surface area (Å²) in [5.74, 6) is -1.99. The Kier molecular flexibility index (Phi) is 4.61. The molecule has 0 aliphatic carbocycles. The van der Waals surface area contributed by atoms with E-state index in [4.69, 9.17) is 5.73 Å². The highest BCUT2D eigenvalue weighted by molar-refractivity contribution is 7.80. The van der Waals surface area contributed by atoms with Crippen molar-refractivity contribution in [3.63, 3.8) is 0 Å². The van der Waals surface area contributed by atoms with Crippen LogP contribution >= 0.6 is 23.6 Å². The lowest BCUT2D eigenvalue weighted by atomic mass is 10.1. The Balaban J connectivity index is 2.03. The number of nitrogens with one attached hydrogen (secondary N) is 1. The van der Waals surface area contributed by atoms with Gasteiger partial charge < -0.3 is 11.1 Å². The Morgan fingerprint density at radius 3 is 2.75 bits per heavy atom. The van der Waals surface area contributed by atoms with Gasteiger partial charge in [0, 0.05) is 29.6 Å². The lowest BCUT2D eigenvalue weighted by Gasteiger charge is -2.09. The first-order chi connectivity index (χ1) is 9.49. The van der Waals surface area contributed by atoms with Crippen LogP contribution in [0.25, 0.3) is 0 Å². The van der Waals surface area contributed by atoms with Crippen LogP contribution in [0.15, 0.2) is 17.5 Å². The number of thiazole rings is 1. The first kappa shape index (κ1) is 14.8. The number of anilines is 1. The summed E-state index contributed by atoms with van der Waals surface area (Å²) < 4.78 is 27.5. The third kappa shape index (κ3) is 3.29. The molecule has 0 radical (unpaired) electrons. The SMILES string of the molecule is Cc1csc(CCNc2ccc(C(N)=S)c(F)c2F)n1. The molecule has 1 aromatic carbocycles. The van der Waals surface area contributed by atoms with Gasteiger partial charge in [-0.15, -0.1) is 11.3 Å². The van der Waals surface area contributed by atoms with Crippen molar-refractivity contribution in [3.8, 4) is 0 Å². The van der Waals surface area contributed by atoms with Crippen molar-refractivity contribution in [2.75, 3.05) is 11.9 Å². The molecule has 0 aliphatic rings. The highest BCUT2D eigenvalue weighted by Gasteiger charge is 2.14. The number of aromatic nitrogens is 1. The van der Waals surface area contributed by atoms with Crippen LogP contribution in [-0.2, 0) is 6.42 Å². The number of nitrogens with two attached hydrogens (primary N) is 1. The zero-order chi connectivity index (χ0) is 14.7. The Morgan fingerprint density at radius 1 is 1.40 bits per heavy atom. The molecule has 3 nitrogen and oxygen atoms in total. The first-order valence-electron chi connectivity index (χ1n) is 5.91. The van der Waals surface area contributed by atoms with Crippen LogP contribution in [-0.4, -0.2) is 16.5 Å². The minimum atomic E-state index is -1.02. The lowest BCUT2D eigenvalue weighted by molar-refractivity contribution is 0.509. The second kappa shape index (κ2) is 6.23. The van der Waals surface area contributed by atoms with Gasteiger partial charge in [0.25, 0.3) is 0 Å². The number of thiocarbonyl (C=S) groups is 1. The molecule has 0 saturated heterocycles. The van der Waals surface area contributed by atoms with E-state index in [0.29, 0.717) is 13.0 Å². The van der Waals surface area contributed by atoms with Crippen molar-refractivity contribution in [1.82, 2.24) is 4.98 Å². The number of rotatable bonds is 5. The molecule has 1 aromatic heterocycles. The zero-order valence-corrected chi connectivity index (χ0v) is 12.4. The molecule has 20 heavy (non-hydrogen) atoms. The molecule has 7 heteroatoms. The van der Waals surface area contributed by atoms with Crippen molar-refractivity contribution in [2.45, 2.75) is 13.3 Å². The van der Waals surface area contributed by atoms with E-state index in [9.17, 15) is 8.78 Å². The van der Waals surface area contributed by atoms with Crippen LogP contribution in [0.2, 0.25) is 0 Å². The Labute approximate surface area is 124 Å². The second-order valence-corrected chi connectivity index (χ2v) is 5.59. The maximum absolute atomic E-state index is 13.8. The number of hydrogen-bond acceptors (Lipinski definition) is 4. The smallest absolute Gasteiger partial charge is 0.182 e. The molecule has 0 spiro atoms. The van der Waals surface area contributed by atoms with Gasteiger partial charge in [0.15, 0.2) is 11.6 Å². The minimum Gasteiger partial charge on any atom is -0.389 e. The fourth-order valence-corrected chi connectivity index (χ4v) is 2.63. The molecule has 106 valence electrons. The number of halogens is 2. The Bertz CT molecular complexity index is 641. The van der Waals surface area contributed by atoms with Crippen molar-refractivity contribution in [1.29, 1.82) is 0 Å². The van der Waals surface area contributed by atoms with E-state index in [0.717, 1.165) is 10.7 Å². The fraction of sp³-hybridized carbons (Fsp3) is 0.231. The predicted molar refractivity (Wildman–Crippen MR) is 81.3 cm³/mol. The standard InChI is InChI=1S/C13H13F2N3S2/c1-7-6-20-10(18-7)4-5-17-9-3-2-8(13(16)19)11(14)12(9)15/h2-3,6,17H,4-5H2,1H3,(H2,16,19). The minimum absolute atomic E-state index is 0.0846. The van der Waals surface area contributed by atoms with E-state index in [1.807, 2.05) is 12.3 Å². The van der Waals surface area contributed by atoms with Gasteiger partial charge in [0.2, 0.25) is 0 Å². The van der Waals surface area contributed by atoms with Gasteiger partial charge in [-0.3, -0.25) is 0 Å². The fourth-order valence-electron chi connectivity index (χ4n) is 1.70. The van der Waals surface area contributed by atoms with Gasteiger partial charge in [0.05, 0.1) is 10.7 Å². The van der Waals surface area contributed by atoms with Crippen molar-refractivity contribution in [3.05, 3.63) is 45.4 Å². The van der Waals surface area contributed by atoms with Crippen LogP contribution < -0.4 is 11.1 Å². The summed E-state index contributed by atoms with van der Waals surface area (Å²) in [6.07, 6.45) is 0.649. The normalized spacial score (nSPS) is 10.6. The van der Waals surface area contributed by atoms with Crippen LogP contribution in [0.5, 0.6) is 0 Å². The molecular formula is C13H13F2N3S2. The highest BCUT2D eigenvalue weighted by Crippen LogP contribution is 2.21. The number of nitrogens with zero attached hydrogens (tertiary/aromatic N) is 1. The number of hydrogen-bond donors (Lipinski definition) is 2. The topological polar surface area (TPSA) is 50.9 Å². The molecular weight excluding hydrogens is 300 g/mol. The zero-order valence-electron chi connectivity index (χ0n) is 10.7. The Hall–Kier alpha value is -1.60. The molecule has 0 atom stereocenters. The third-order valence-electron chi connectivity index (χ3n) is 2.67. The van der Waals surface area contributed by atoms with E-state index in [1.54, 1.807) is 11.3 Å². The summed E-state index contributed by atoms with van der Waals surface area (Å²) in [5, 5.41) is 5.75. The third-order valence-corrected chi connectivity index (χ3v) is 3.92. The second-order valence-electron chi connectivity index (χ2n) is 4.21. The van der Waals surface area contributed by atoms with Crippen LogP contribution in [0.4, 0.5) is 14.5 Å². The summed E-state index contributed by atoms with van der Waals surface area (Å²) in [6, 6.07) is 2.80. The van der Waals surface area contributed by atoms with Crippen LogP contribution in [0, 0.1) is 18.6 Å². The molecule has 1 heterocycles. The predicted octanol–water partition coefficient (Wildman–Crippen LogP) is 3.02. The Morgan fingerprint density at radius 2 is 2.15 bits per heavy atom. The maximum Gasteiger partial charge on any atom is 0.182 e. The van der Waals surface area contributed by atoms with Crippen LogP contribution in [0.1, 0.15) is 16.3 Å². The van der Waals surface area contributed by atoms with Gasteiger partial charge in [-0.25, -0.2) is 13.8 Å². The van der Waals surface area contributed by atoms with E-state index in [-0.39, 0.29) is 16.2 Å². The van der Waals surface area contributed by atoms with E-state index in [2.05, 4.69) is 22.5 Å².